The second-order valence-electron chi connectivity index (χ2n) is 5.51. The second-order valence-corrected chi connectivity index (χ2v) is 6.58. The molecule has 0 saturated carbocycles. The first kappa shape index (κ1) is 15.6. The van der Waals surface area contributed by atoms with Gasteiger partial charge in [-0.2, -0.15) is 0 Å². The molecule has 23 heavy (non-hydrogen) atoms. The van der Waals surface area contributed by atoms with Crippen molar-refractivity contribution in [2.24, 2.45) is 5.92 Å². The number of hydrogen-bond acceptors (Lipinski definition) is 5. The van der Waals surface area contributed by atoms with Crippen LogP contribution in [-0.4, -0.2) is 34.0 Å². The number of benzene rings is 1. The van der Waals surface area contributed by atoms with Crippen LogP contribution in [0.5, 0.6) is 0 Å². The van der Waals surface area contributed by atoms with Gasteiger partial charge in [-0.15, -0.1) is 10.2 Å². The predicted octanol–water partition coefficient (Wildman–Crippen LogP) is 2.26. The van der Waals surface area contributed by atoms with Gasteiger partial charge in [0.15, 0.2) is 0 Å². The maximum Gasteiger partial charge on any atom is 0.232 e. The standard InChI is InChI=1S/C16H18N4O2S/c1-3-12-18-19-16(23-12)17-15(22)11-9-13(21)20(2)14(11)10-7-5-4-6-8-10/h4-8,11,14H,3,9H2,1-2H3,(H,17,19,22). The van der Waals surface area contributed by atoms with E-state index in [1.165, 1.54) is 11.3 Å². The van der Waals surface area contributed by atoms with Gasteiger partial charge in [-0.3, -0.25) is 9.59 Å². The summed E-state index contributed by atoms with van der Waals surface area (Å²) < 4.78 is 0. The number of likely N-dealkylation sites (tertiary alicyclic amines) is 1. The number of nitrogens with one attached hydrogen (secondary N) is 1. The maximum atomic E-state index is 12.6. The summed E-state index contributed by atoms with van der Waals surface area (Å²) in [6.07, 6.45) is 0.992. The zero-order chi connectivity index (χ0) is 16.4. The molecule has 0 radical (unpaired) electrons. The number of carbonyl (C=O) groups excluding carboxylic acids is 2. The lowest BCUT2D eigenvalue weighted by Crippen LogP contribution is -2.29. The fraction of sp³-hybridized carbons (Fsp3) is 0.375. The van der Waals surface area contributed by atoms with Gasteiger partial charge in [-0.05, 0) is 12.0 Å². The first-order valence-electron chi connectivity index (χ1n) is 7.54. The van der Waals surface area contributed by atoms with Crippen LogP contribution in [0.2, 0.25) is 0 Å². The smallest absolute Gasteiger partial charge is 0.232 e. The Hall–Kier alpha value is -2.28. The van der Waals surface area contributed by atoms with E-state index in [-0.39, 0.29) is 24.3 Å². The second kappa shape index (κ2) is 6.45. The number of carbonyl (C=O) groups is 2. The zero-order valence-corrected chi connectivity index (χ0v) is 13.8. The van der Waals surface area contributed by atoms with E-state index in [0.29, 0.717) is 5.13 Å². The van der Waals surface area contributed by atoms with E-state index in [9.17, 15) is 9.59 Å². The molecule has 2 unspecified atom stereocenters. The van der Waals surface area contributed by atoms with Crippen molar-refractivity contribution in [2.45, 2.75) is 25.8 Å². The Morgan fingerprint density at radius 3 is 2.74 bits per heavy atom. The number of aromatic nitrogens is 2. The van der Waals surface area contributed by atoms with E-state index in [1.54, 1.807) is 11.9 Å². The lowest BCUT2D eigenvalue weighted by atomic mass is 9.93. The molecule has 1 aliphatic heterocycles. The number of hydrogen-bond donors (Lipinski definition) is 1. The van der Waals surface area contributed by atoms with Crippen LogP contribution < -0.4 is 5.32 Å². The highest BCUT2D eigenvalue weighted by Gasteiger charge is 2.42. The van der Waals surface area contributed by atoms with Crippen molar-refractivity contribution in [3.05, 3.63) is 40.9 Å². The quantitative estimate of drug-likeness (QED) is 0.933. The Kier molecular flexibility index (Phi) is 4.38. The molecule has 2 heterocycles. The molecule has 1 aromatic carbocycles. The summed E-state index contributed by atoms with van der Waals surface area (Å²) in [4.78, 5) is 26.4. The van der Waals surface area contributed by atoms with Crippen molar-refractivity contribution >= 4 is 28.3 Å². The minimum absolute atomic E-state index is 0.0227. The van der Waals surface area contributed by atoms with Gasteiger partial charge in [0, 0.05) is 13.5 Å². The highest BCUT2D eigenvalue weighted by molar-refractivity contribution is 7.15. The van der Waals surface area contributed by atoms with Crippen LogP contribution in [0.15, 0.2) is 30.3 Å². The largest absolute Gasteiger partial charge is 0.338 e. The predicted molar refractivity (Wildman–Crippen MR) is 88.0 cm³/mol. The molecule has 2 atom stereocenters. The van der Waals surface area contributed by atoms with E-state index in [1.807, 2.05) is 37.3 Å². The Bertz CT molecular complexity index is 716. The Morgan fingerprint density at radius 1 is 1.35 bits per heavy atom. The summed E-state index contributed by atoms with van der Waals surface area (Å²) in [5, 5.41) is 12.1. The number of amides is 2. The van der Waals surface area contributed by atoms with Gasteiger partial charge in [0.25, 0.3) is 0 Å². The molecule has 0 spiro atoms. The molecule has 1 saturated heterocycles. The van der Waals surface area contributed by atoms with E-state index in [0.717, 1.165) is 17.0 Å². The summed E-state index contributed by atoms with van der Waals surface area (Å²) in [5.41, 5.74) is 0.965. The third-order valence-electron chi connectivity index (χ3n) is 4.06. The molecule has 7 heteroatoms. The Labute approximate surface area is 138 Å². The third-order valence-corrected chi connectivity index (χ3v) is 5.05. The van der Waals surface area contributed by atoms with Crippen LogP contribution in [0, 0.1) is 5.92 Å². The Balaban J connectivity index is 1.81. The summed E-state index contributed by atoms with van der Waals surface area (Å²) in [6.45, 7) is 1.99. The summed E-state index contributed by atoms with van der Waals surface area (Å²) >= 11 is 1.37. The van der Waals surface area contributed by atoms with Crippen LogP contribution in [0.3, 0.4) is 0 Å². The van der Waals surface area contributed by atoms with Crippen molar-refractivity contribution < 1.29 is 9.59 Å². The first-order valence-corrected chi connectivity index (χ1v) is 8.35. The van der Waals surface area contributed by atoms with Crippen molar-refractivity contribution in [2.75, 3.05) is 12.4 Å². The molecule has 3 rings (SSSR count). The zero-order valence-electron chi connectivity index (χ0n) is 13.0. The van der Waals surface area contributed by atoms with Crippen LogP contribution in [0.4, 0.5) is 5.13 Å². The van der Waals surface area contributed by atoms with Gasteiger partial charge in [0.05, 0.1) is 12.0 Å². The van der Waals surface area contributed by atoms with Gasteiger partial charge < -0.3 is 10.2 Å². The van der Waals surface area contributed by atoms with Crippen molar-refractivity contribution in [1.82, 2.24) is 15.1 Å². The third kappa shape index (κ3) is 3.10. The monoisotopic (exact) mass is 330 g/mol. The molecule has 2 aromatic rings. The van der Waals surface area contributed by atoms with Crippen LogP contribution in [-0.2, 0) is 16.0 Å². The van der Waals surface area contributed by atoms with E-state index < -0.39 is 5.92 Å². The summed E-state index contributed by atoms with van der Waals surface area (Å²) in [7, 11) is 1.74. The highest BCUT2D eigenvalue weighted by Crippen LogP contribution is 2.37. The van der Waals surface area contributed by atoms with Gasteiger partial charge in [0.1, 0.15) is 5.01 Å². The van der Waals surface area contributed by atoms with Crippen molar-refractivity contribution in [3.63, 3.8) is 0 Å². The van der Waals surface area contributed by atoms with Gasteiger partial charge in [-0.1, -0.05) is 48.6 Å². The summed E-state index contributed by atoms with van der Waals surface area (Å²) in [6, 6.07) is 9.39. The van der Waals surface area contributed by atoms with E-state index >= 15 is 0 Å². The lowest BCUT2D eigenvalue weighted by molar-refractivity contribution is -0.127. The molecule has 0 aliphatic carbocycles. The van der Waals surface area contributed by atoms with Crippen LogP contribution in [0.1, 0.15) is 30.0 Å². The molecule has 1 aliphatic rings. The number of nitrogens with zero attached hydrogens (tertiary/aromatic N) is 3. The molecule has 1 aromatic heterocycles. The van der Waals surface area contributed by atoms with Gasteiger partial charge in [0.2, 0.25) is 16.9 Å². The van der Waals surface area contributed by atoms with Gasteiger partial charge in [-0.25, -0.2) is 0 Å². The number of anilines is 1. The molecule has 6 nitrogen and oxygen atoms in total. The molecular weight excluding hydrogens is 312 g/mol. The first-order chi connectivity index (χ1) is 11.1. The minimum atomic E-state index is -0.427. The minimum Gasteiger partial charge on any atom is -0.338 e. The normalized spacial score (nSPS) is 20.8. The number of rotatable bonds is 4. The molecule has 2 amide bonds. The molecular formula is C16H18N4O2S. The lowest BCUT2D eigenvalue weighted by Gasteiger charge is -2.24. The molecule has 1 fully saturated rings. The fourth-order valence-corrected chi connectivity index (χ4v) is 3.54. The SMILES string of the molecule is CCc1nnc(NC(=O)C2CC(=O)N(C)C2c2ccccc2)s1. The van der Waals surface area contributed by atoms with Gasteiger partial charge >= 0.3 is 0 Å². The van der Waals surface area contributed by atoms with E-state index in [4.69, 9.17) is 0 Å². The molecule has 0 bridgehead atoms. The fourth-order valence-electron chi connectivity index (χ4n) is 2.86. The Morgan fingerprint density at radius 2 is 2.09 bits per heavy atom. The van der Waals surface area contributed by atoms with Crippen molar-refractivity contribution in [3.8, 4) is 0 Å². The van der Waals surface area contributed by atoms with Crippen LogP contribution >= 0.6 is 11.3 Å². The molecule has 120 valence electrons. The van der Waals surface area contributed by atoms with Crippen molar-refractivity contribution in [1.29, 1.82) is 0 Å². The average molecular weight is 330 g/mol. The van der Waals surface area contributed by atoms with Crippen LogP contribution in [0.25, 0.3) is 0 Å². The highest BCUT2D eigenvalue weighted by atomic mass is 32.1. The van der Waals surface area contributed by atoms with E-state index in [2.05, 4.69) is 15.5 Å². The average Bonchev–Trinajstić information content (AvgIpc) is 3.13. The number of aryl methyl sites for hydroxylation is 1. The maximum absolute atomic E-state index is 12.6. The topological polar surface area (TPSA) is 75.2 Å². The summed E-state index contributed by atoms with van der Waals surface area (Å²) in [5.74, 6) is -0.634. The molecule has 1 N–H and O–H groups in total.